The van der Waals surface area contributed by atoms with Gasteiger partial charge < -0.3 is 4.40 Å². The van der Waals surface area contributed by atoms with Crippen LogP contribution in [0.4, 0.5) is 4.39 Å². The third kappa shape index (κ3) is 2.26. The summed E-state index contributed by atoms with van der Waals surface area (Å²) in [7, 11) is 0. The predicted octanol–water partition coefficient (Wildman–Crippen LogP) is 3.78. The molecule has 3 nitrogen and oxygen atoms in total. The summed E-state index contributed by atoms with van der Waals surface area (Å²) < 4.78 is 15.7. The number of hydrogen-bond acceptors (Lipinski definition) is 3. The highest BCUT2D eigenvalue weighted by Gasteiger charge is 2.08. The van der Waals surface area contributed by atoms with E-state index in [0.717, 1.165) is 15.6 Å². The second-order valence-corrected chi connectivity index (χ2v) is 5.46. The zero-order chi connectivity index (χ0) is 12.5. The van der Waals surface area contributed by atoms with Gasteiger partial charge in [0.15, 0.2) is 5.65 Å². The van der Waals surface area contributed by atoms with Crippen molar-refractivity contribution in [2.45, 2.75) is 9.92 Å². The van der Waals surface area contributed by atoms with Gasteiger partial charge in [0.2, 0.25) is 0 Å². The summed E-state index contributed by atoms with van der Waals surface area (Å²) in [5.74, 6) is -0.255. The Morgan fingerprint density at radius 2 is 2.22 bits per heavy atom. The normalized spacial score (nSPS) is 11.0. The minimum absolute atomic E-state index is 0.255. The second-order valence-electron chi connectivity index (χ2n) is 3.59. The monoisotopic (exact) mass is 323 g/mol. The lowest BCUT2D eigenvalue weighted by Gasteiger charge is -2.04. The highest BCUT2D eigenvalue weighted by molar-refractivity contribution is 9.10. The molecule has 0 aliphatic heterocycles. The average molecular weight is 324 g/mol. The van der Waals surface area contributed by atoms with E-state index >= 15 is 0 Å². The van der Waals surface area contributed by atoms with E-state index in [4.69, 9.17) is 0 Å². The van der Waals surface area contributed by atoms with Gasteiger partial charge in [-0.2, -0.15) is 0 Å². The van der Waals surface area contributed by atoms with Crippen LogP contribution in [0.3, 0.4) is 0 Å². The van der Waals surface area contributed by atoms with E-state index in [1.54, 1.807) is 12.3 Å². The van der Waals surface area contributed by atoms with Crippen molar-refractivity contribution >= 4 is 33.3 Å². The van der Waals surface area contributed by atoms with Gasteiger partial charge >= 0.3 is 0 Å². The topological polar surface area (TPSA) is 30.2 Å². The Morgan fingerprint density at radius 3 is 3.06 bits per heavy atom. The standard InChI is InChI=1S/C12H7BrFN3S/c13-10-7-17-5-4-15-11(17)12(16-10)18-9-3-1-2-8(14)6-9/h1-7H. The molecule has 0 aliphatic carbocycles. The Kier molecular flexibility index (Phi) is 3.05. The van der Waals surface area contributed by atoms with Gasteiger partial charge in [-0.1, -0.05) is 17.8 Å². The molecule has 0 radical (unpaired) electrons. The molecule has 18 heavy (non-hydrogen) atoms. The summed E-state index contributed by atoms with van der Waals surface area (Å²) in [5.41, 5.74) is 0.757. The van der Waals surface area contributed by atoms with Gasteiger partial charge in [-0.15, -0.1) is 0 Å². The Morgan fingerprint density at radius 1 is 1.33 bits per heavy atom. The first-order valence-corrected chi connectivity index (χ1v) is 6.76. The third-order valence-electron chi connectivity index (χ3n) is 2.32. The number of nitrogens with zero attached hydrogens (tertiary/aromatic N) is 3. The molecule has 2 heterocycles. The number of rotatable bonds is 2. The van der Waals surface area contributed by atoms with Crippen molar-refractivity contribution in [1.82, 2.24) is 14.4 Å². The number of imidazole rings is 1. The molecule has 0 fully saturated rings. The summed E-state index contributed by atoms with van der Waals surface area (Å²) in [6, 6.07) is 6.42. The van der Waals surface area contributed by atoms with Crippen molar-refractivity contribution in [3.8, 4) is 0 Å². The molecule has 0 unspecified atom stereocenters. The lowest BCUT2D eigenvalue weighted by Crippen LogP contribution is -1.91. The van der Waals surface area contributed by atoms with Gasteiger partial charge in [-0.3, -0.25) is 0 Å². The molecule has 0 saturated heterocycles. The van der Waals surface area contributed by atoms with E-state index in [9.17, 15) is 4.39 Å². The fourth-order valence-electron chi connectivity index (χ4n) is 1.58. The maximum absolute atomic E-state index is 13.1. The molecule has 6 heteroatoms. The number of hydrogen-bond donors (Lipinski definition) is 0. The van der Waals surface area contributed by atoms with Crippen molar-refractivity contribution in [2.24, 2.45) is 0 Å². The second kappa shape index (κ2) is 4.70. The van der Waals surface area contributed by atoms with Crippen LogP contribution in [0, 0.1) is 5.82 Å². The van der Waals surface area contributed by atoms with Crippen LogP contribution in [0.25, 0.3) is 5.65 Å². The third-order valence-corrected chi connectivity index (χ3v) is 3.66. The first-order chi connectivity index (χ1) is 8.72. The molecule has 0 amide bonds. The minimum Gasteiger partial charge on any atom is -0.302 e. The van der Waals surface area contributed by atoms with Gasteiger partial charge in [0.05, 0.1) is 0 Å². The number of benzene rings is 1. The van der Waals surface area contributed by atoms with Crippen LogP contribution in [0.1, 0.15) is 0 Å². The first kappa shape index (κ1) is 11.7. The lowest BCUT2D eigenvalue weighted by atomic mass is 10.4. The van der Waals surface area contributed by atoms with Crippen LogP contribution in [-0.2, 0) is 0 Å². The van der Waals surface area contributed by atoms with Crippen LogP contribution in [0.15, 0.2) is 57.4 Å². The molecule has 0 atom stereocenters. The fourth-order valence-corrected chi connectivity index (χ4v) is 3.03. The van der Waals surface area contributed by atoms with Crippen molar-refractivity contribution in [3.63, 3.8) is 0 Å². The van der Waals surface area contributed by atoms with Crippen LogP contribution in [0.5, 0.6) is 0 Å². The maximum Gasteiger partial charge on any atom is 0.170 e. The SMILES string of the molecule is Fc1cccc(Sc2nc(Br)cn3ccnc23)c1. The summed E-state index contributed by atoms with van der Waals surface area (Å²) in [5, 5.41) is 0.736. The van der Waals surface area contributed by atoms with E-state index in [0.29, 0.717) is 4.60 Å². The van der Waals surface area contributed by atoms with E-state index < -0.39 is 0 Å². The number of halogens is 2. The lowest BCUT2D eigenvalue weighted by molar-refractivity contribution is 0.624. The van der Waals surface area contributed by atoms with Gasteiger partial charge in [0, 0.05) is 23.5 Å². The molecule has 0 N–H and O–H groups in total. The molecule has 0 bridgehead atoms. The molecule has 0 aliphatic rings. The summed E-state index contributed by atoms with van der Waals surface area (Å²) in [4.78, 5) is 9.41. The molecular formula is C12H7BrFN3S. The Balaban J connectivity index is 2.06. The van der Waals surface area contributed by atoms with Gasteiger partial charge in [0.1, 0.15) is 15.4 Å². The van der Waals surface area contributed by atoms with E-state index in [1.807, 2.05) is 22.9 Å². The molecule has 2 aromatic heterocycles. The minimum atomic E-state index is -0.255. The summed E-state index contributed by atoms with van der Waals surface area (Å²) in [6.07, 6.45) is 5.38. The molecule has 3 aromatic rings. The van der Waals surface area contributed by atoms with Crippen LogP contribution < -0.4 is 0 Å². The molecule has 1 aromatic carbocycles. The fraction of sp³-hybridized carbons (Fsp3) is 0. The van der Waals surface area contributed by atoms with E-state index in [1.165, 1.54) is 23.9 Å². The zero-order valence-corrected chi connectivity index (χ0v) is 11.4. The number of aromatic nitrogens is 3. The zero-order valence-electron chi connectivity index (χ0n) is 9.05. The molecular weight excluding hydrogens is 317 g/mol. The summed E-state index contributed by atoms with van der Waals surface area (Å²) in [6.45, 7) is 0. The van der Waals surface area contributed by atoms with Crippen LogP contribution in [-0.4, -0.2) is 14.4 Å². The van der Waals surface area contributed by atoms with E-state index in [2.05, 4.69) is 25.9 Å². The Hall–Kier alpha value is -1.40. The van der Waals surface area contributed by atoms with E-state index in [-0.39, 0.29) is 5.82 Å². The number of fused-ring (bicyclic) bond motifs is 1. The van der Waals surface area contributed by atoms with Crippen molar-refractivity contribution < 1.29 is 4.39 Å². The Bertz CT molecular complexity index is 713. The summed E-state index contributed by atoms with van der Waals surface area (Å²) >= 11 is 4.73. The predicted molar refractivity (Wildman–Crippen MR) is 71.2 cm³/mol. The highest BCUT2D eigenvalue weighted by atomic mass is 79.9. The molecule has 0 saturated carbocycles. The molecule has 90 valence electrons. The van der Waals surface area contributed by atoms with Gasteiger partial charge in [-0.05, 0) is 34.1 Å². The highest BCUT2D eigenvalue weighted by Crippen LogP contribution is 2.30. The first-order valence-electron chi connectivity index (χ1n) is 5.15. The van der Waals surface area contributed by atoms with Gasteiger partial charge in [-0.25, -0.2) is 14.4 Å². The average Bonchev–Trinajstić information content (AvgIpc) is 2.77. The largest absolute Gasteiger partial charge is 0.302 e. The van der Waals surface area contributed by atoms with Crippen LogP contribution >= 0.6 is 27.7 Å². The molecule has 0 spiro atoms. The molecule has 3 rings (SSSR count). The van der Waals surface area contributed by atoms with Crippen molar-refractivity contribution in [1.29, 1.82) is 0 Å². The van der Waals surface area contributed by atoms with Gasteiger partial charge in [0.25, 0.3) is 0 Å². The van der Waals surface area contributed by atoms with Crippen molar-refractivity contribution in [3.05, 3.63) is 53.3 Å². The van der Waals surface area contributed by atoms with Crippen molar-refractivity contribution in [2.75, 3.05) is 0 Å². The maximum atomic E-state index is 13.1. The Labute approximate surface area is 115 Å². The van der Waals surface area contributed by atoms with Crippen LogP contribution in [0.2, 0.25) is 0 Å². The smallest absolute Gasteiger partial charge is 0.170 e. The quantitative estimate of drug-likeness (QED) is 0.719.